The van der Waals surface area contributed by atoms with Crippen LogP contribution in [-0.4, -0.2) is 76.5 Å². The number of rotatable bonds is 13. The van der Waals surface area contributed by atoms with Crippen LogP contribution in [0.25, 0.3) is 32.8 Å². The van der Waals surface area contributed by atoms with E-state index in [4.69, 9.17) is 30.9 Å². The van der Waals surface area contributed by atoms with Crippen molar-refractivity contribution >= 4 is 39.2 Å². The average Bonchev–Trinajstić information content (AvgIpc) is 3.59. The Bertz CT molecular complexity index is 1920. The van der Waals surface area contributed by atoms with E-state index in [9.17, 15) is 14.3 Å². The highest BCUT2D eigenvalue weighted by molar-refractivity contribution is 6.35. The van der Waals surface area contributed by atoms with E-state index >= 15 is 0 Å². The van der Waals surface area contributed by atoms with Crippen LogP contribution in [0.1, 0.15) is 54.1 Å². The lowest BCUT2D eigenvalue weighted by molar-refractivity contribution is -0.145. The van der Waals surface area contributed by atoms with Crippen LogP contribution in [0.15, 0.2) is 48.5 Å². The minimum Gasteiger partial charge on any atom is -0.493 e. The molecule has 1 atom stereocenters. The Balaban J connectivity index is 1.30. The van der Waals surface area contributed by atoms with Gasteiger partial charge in [0.1, 0.15) is 17.3 Å². The fraction of sp³-hybridized carbons (Fsp3) is 0.405. The number of nitrogens with zero attached hydrogens (tertiary/aromatic N) is 3. The van der Waals surface area contributed by atoms with Gasteiger partial charge < -0.3 is 24.3 Å². The number of H-pyrrole nitrogens is 1. The first kappa shape index (κ1) is 33.9. The third-order valence-electron chi connectivity index (χ3n) is 8.99. The summed E-state index contributed by atoms with van der Waals surface area (Å²) in [6.45, 7) is 7.15. The molecular weight excluding hydrogens is 635 g/mol. The van der Waals surface area contributed by atoms with Gasteiger partial charge in [0.2, 0.25) is 0 Å². The smallest absolute Gasteiger partial charge is 0.355 e. The number of aromatic nitrogens is 3. The van der Waals surface area contributed by atoms with Gasteiger partial charge >= 0.3 is 5.97 Å². The molecule has 0 unspecified atom stereocenters. The number of morpholine rings is 1. The zero-order chi connectivity index (χ0) is 33.8. The maximum Gasteiger partial charge on any atom is 0.355 e. The number of hydrogen-bond donors (Lipinski definition) is 2. The van der Waals surface area contributed by atoms with Crippen molar-refractivity contribution in [1.82, 2.24) is 19.7 Å². The number of β-amino-alcohol motifs (C(OH)–C–C–N with tert-alkyl or cyclic N) is 1. The number of ether oxygens (including phenoxy) is 3. The number of aliphatic hydroxyl groups is 1. The number of aromatic amines is 1. The third kappa shape index (κ3) is 7.08. The number of hydrogen-bond acceptors (Lipinski definition) is 7. The molecule has 2 N–H and O–H groups in total. The second-order valence-corrected chi connectivity index (χ2v) is 12.5. The van der Waals surface area contributed by atoms with Crippen LogP contribution in [0, 0.1) is 5.82 Å². The third-order valence-corrected chi connectivity index (χ3v) is 9.30. The Hall–Kier alpha value is -3.96. The van der Waals surface area contributed by atoms with Crippen molar-refractivity contribution in [3.63, 3.8) is 0 Å². The van der Waals surface area contributed by atoms with Gasteiger partial charge in [-0.05, 0) is 86.9 Å². The summed E-state index contributed by atoms with van der Waals surface area (Å²) >= 11 is 7.01. The molecule has 0 bridgehead atoms. The van der Waals surface area contributed by atoms with Crippen molar-refractivity contribution in [3.8, 4) is 16.9 Å². The van der Waals surface area contributed by atoms with Crippen LogP contribution < -0.4 is 4.74 Å². The van der Waals surface area contributed by atoms with Crippen LogP contribution in [0.2, 0.25) is 5.02 Å². The van der Waals surface area contributed by atoms with Crippen molar-refractivity contribution in [3.05, 3.63) is 82.0 Å². The molecule has 1 aliphatic rings. The monoisotopic (exact) mass is 676 g/mol. The second-order valence-electron chi connectivity index (χ2n) is 12.1. The molecular formula is C37H42ClFN4O5. The number of carbonyl (C=O) groups is 1. The lowest BCUT2D eigenvalue weighted by atomic mass is 9.96. The highest BCUT2D eigenvalue weighted by Gasteiger charge is 2.26. The number of carbonyl (C=O) groups excluding carboxylic acids is 1. The van der Waals surface area contributed by atoms with E-state index in [1.807, 2.05) is 42.1 Å². The molecule has 1 saturated heterocycles. The molecule has 6 rings (SSSR count). The SMILES string of the molecule is CCOC(=O)c1[nH]c2c(-c3c(CCCN4CCO[C@@H](O)C4)nn(C)c3CC)c(Cl)ccc2c1CCCOc1cccc2cc(F)ccc12. The van der Waals surface area contributed by atoms with Crippen molar-refractivity contribution in [2.24, 2.45) is 7.05 Å². The maximum absolute atomic E-state index is 13.8. The van der Waals surface area contributed by atoms with Crippen LogP contribution in [0.3, 0.4) is 0 Å². The van der Waals surface area contributed by atoms with Gasteiger partial charge in [-0.25, -0.2) is 9.18 Å². The summed E-state index contributed by atoms with van der Waals surface area (Å²) in [6.07, 6.45) is 2.75. The minimum absolute atomic E-state index is 0.249. The molecule has 5 aromatic rings. The number of aryl methyl sites for hydroxylation is 3. The number of aliphatic hydroxyl groups excluding tert-OH is 1. The molecule has 3 heterocycles. The Morgan fingerprint density at radius 3 is 2.75 bits per heavy atom. The second kappa shape index (κ2) is 15.1. The van der Waals surface area contributed by atoms with Crippen molar-refractivity contribution in [2.45, 2.75) is 52.2 Å². The van der Waals surface area contributed by atoms with Gasteiger partial charge in [-0.3, -0.25) is 9.58 Å². The molecule has 254 valence electrons. The van der Waals surface area contributed by atoms with E-state index in [2.05, 4.69) is 16.8 Å². The maximum atomic E-state index is 13.8. The fourth-order valence-electron chi connectivity index (χ4n) is 6.80. The van der Waals surface area contributed by atoms with Crippen LogP contribution in [0.5, 0.6) is 5.75 Å². The molecule has 2 aromatic heterocycles. The summed E-state index contributed by atoms with van der Waals surface area (Å²) < 4.78 is 32.6. The minimum atomic E-state index is -0.751. The molecule has 0 saturated carbocycles. The first-order valence-electron chi connectivity index (χ1n) is 16.7. The lowest BCUT2D eigenvalue weighted by Crippen LogP contribution is -2.42. The number of fused-ring (bicyclic) bond motifs is 2. The van der Waals surface area contributed by atoms with Gasteiger partial charge in [-0.1, -0.05) is 36.7 Å². The molecule has 0 spiro atoms. The normalized spacial score (nSPS) is 15.4. The summed E-state index contributed by atoms with van der Waals surface area (Å²) in [6, 6.07) is 14.1. The van der Waals surface area contributed by atoms with E-state index in [-0.39, 0.29) is 12.4 Å². The summed E-state index contributed by atoms with van der Waals surface area (Å²) in [5, 5.41) is 17.9. The first-order chi connectivity index (χ1) is 23.3. The van der Waals surface area contributed by atoms with Crippen molar-refractivity contribution in [1.29, 1.82) is 0 Å². The number of esters is 1. The largest absolute Gasteiger partial charge is 0.493 e. The first-order valence-corrected chi connectivity index (χ1v) is 17.0. The van der Waals surface area contributed by atoms with Crippen LogP contribution >= 0.6 is 11.6 Å². The predicted octanol–water partition coefficient (Wildman–Crippen LogP) is 6.85. The summed E-state index contributed by atoms with van der Waals surface area (Å²) in [7, 11) is 1.95. The fourth-order valence-corrected chi connectivity index (χ4v) is 7.05. The predicted molar refractivity (Wildman–Crippen MR) is 185 cm³/mol. The molecule has 3 aromatic carbocycles. The zero-order valence-corrected chi connectivity index (χ0v) is 28.4. The van der Waals surface area contributed by atoms with E-state index in [1.165, 1.54) is 12.1 Å². The van der Waals surface area contributed by atoms with Gasteiger partial charge in [0.05, 0.1) is 36.1 Å². The molecule has 0 radical (unpaired) electrons. The van der Waals surface area contributed by atoms with E-state index in [0.29, 0.717) is 49.1 Å². The number of nitrogens with one attached hydrogen (secondary N) is 1. The lowest BCUT2D eigenvalue weighted by Gasteiger charge is -2.29. The van der Waals surface area contributed by atoms with Gasteiger partial charge in [-0.2, -0.15) is 5.10 Å². The van der Waals surface area contributed by atoms with E-state index in [1.54, 1.807) is 13.0 Å². The molecule has 1 fully saturated rings. The molecule has 1 aliphatic heterocycles. The van der Waals surface area contributed by atoms with Crippen LogP contribution in [0.4, 0.5) is 4.39 Å². The number of halogens is 2. The standard InChI is InChI=1S/C37H42ClFN4O5/c1-4-30-34(29(41-42(30)3)11-7-17-43-18-20-48-32(44)22-43)33-28(38)16-15-27-26(36(40-35(27)33)37(45)46-5-2)10-8-19-47-31-12-6-9-23-21-24(39)13-14-25(23)31/h6,9,12-16,21,32,40,44H,4-5,7-8,10-11,17-20,22H2,1-3H3/t32-/m1/s1. The van der Waals surface area contributed by atoms with Crippen molar-refractivity contribution in [2.75, 3.05) is 39.5 Å². The summed E-state index contributed by atoms with van der Waals surface area (Å²) in [5.41, 5.74) is 5.83. The number of benzene rings is 3. The Morgan fingerprint density at radius 1 is 1.12 bits per heavy atom. The molecule has 11 heteroatoms. The molecule has 0 amide bonds. The Labute approximate surface area is 284 Å². The van der Waals surface area contributed by atoms with Crippen LogP contribution in [-0.2, 0) is 35.8 Å². The summed E-state index contributed by atoms with van der Waals surface area (Å²) in [5.74, 6) is -0.0205. The van der Waals surface area contributed by atoms with Crippen molar-refractivity contribution < 1.29 is 28.5 Å². The highest BCUT2D eigenvalue weighted by atomic mass is 35.5. The molecule has 48 heavy (non-hydrogen) atoms. The zero-order valence-electron chi connectivity index (χ0n) is 27.7. The van der Waals surface area contributed by atoms with Gasteiger partial charge in [0, 0.05) is 47.7 Å². The molecule has 0 aliphatic carbocycles. The van der Waals surface area contributed by atoms with Gasteiger partial charge in [0.25, 0.3) is 0 Å². The topological polar surface area (TPSA) is 102 Å². The summed E-state index contributed by atoms with van der Waals surface area (Å²) in [4.78, 5) is 18.9. The van der Waals surface area contributed by atoms with Gasteiger partial charge in [-0.15, -0.1) is 0 Å². The quantitative estimate of drug-likeness (QED) is 0.104. The Morgan fingerprint density at radius 2 is 1.96 bits per heavy atom. The average molecular weight is 677 g/mol. The van der Waals surface area contributed by atoms with E-state index in [0.717, 1.165) is 82.1 Å². The van der Waals surface area contributed by atoms with E-state index < -0.39 is 12.3 Å². The molecule has 9 nitrogen and oxygen atoms in total. The van der Waals surface area contributed by atoms with Gasteiger partial charge in [0.15, 0.2) is 6.29 Å². The Kier molecular flexibility index (Phi) is 10.7. The highest BCUT2D eigenvalue weighted by Crippen LogP contribution is 2.41.